The molecule has 1 aliphatic heterocycles. The first-order valence-corrected chi connectivity index (χ1v) is 10.1. The Morgan fingerprint density at radius 3 is 2.96 bits per heavy atom. The lowest BCUT2D eigenvalue weighted by Crippen LogP contribution is -2.39. The maximum absolute atomic E-state index is 13.2. The largest absolute Gasteiger partial charge is 0.337 e. The number of imidazole rings is 1. The number of hydrogen-bond acceptors (Lipinski definition) is 5. The van der Waals surface area contributed by atoms with Crippen molar-refractivity contribution >= 4 is 27.5 Å². The number of carbonyl (C=O) groups is 1. The van der Waals surface area contributed by atoms with Gasteiger partial charge < -0.3 is 14.0 Å². The van der Waals surface area contributed by atoms with E-state index in [9.17, 15) is 9.59 Å². The number of hydrogen-bond donors (Lipinski definition) is 0. The van der Waals surface area contributed by atoms with E-state index in [0.717, 1.165) is 37.3 Å². The van der Waals surface area contributed by atoms with E-state index >= 15 is 0 Å². The van der Waals surface area contributed by atoms with Gasteiger partial charge in [0, 0.05) is 45.0 Å². The molecule has 4 heterocycles. The molecule has 0 saturated carbocycles. The number of fused-ring (bicyclic) bond motifs is 1. The Hall–Kier alpha value is -2.48. The molecule has 1 aliphatic rings. The smallest absolute Gasteiger partial charge is 0.264 e. The van der Waals surface area contributed by atoms with Crippen molar-refractivity contribution in [3.63, 3.8) is 0 Å². The van der Waals surface area contributed by atoms with E-state index in [0.29, 0.717) is 21.6 Å². The van der Waals surface area contributed by atoms with Crippen LogP contribution >= 0.6 is 11.3 Å². The molecule has 3 aromatic heterocycles. The lowest BCUT2D eigenvalue weighted by molar-refractivity contribution is 0.0707. The van der Waals surface area contributed by atoms with Crippen molar-refractivity contribution in [2.75, 3.05) is 13.1 Å². The van der Waals surface area contributed by atoms with Crippen LogP contribution in [0.3, 0.4) is 0 Å². The molecule has 1 amide bonds. The summed E-state index contributed by atoms with van der Waals surface area (Å²) in [4.78, 5) is 37.7. The lowest BCUT2D eigenvalue weighted by atomic mass is 9.96. The van der Waals surface area contributed by atoms with E-state index in [1.54, 1.807) is 7.05 Å². The van der Waals surface area contributed by atoms with Gasteiger partial charge in [0.1, 0.15) is 10.7 Å². The maximum atomic E-state index is 13.2. The third-order valence-corrected chi connectivity index (χ3v) is 6.55. The summed E-state index contributed by atoms with van der Waals surface area (Å²) in [6, 6.07) is 0. The number of carbonyl (C=O) groups excluding carboxylic acids is 1. The third-order valence-electron chi connectivity index (χ3n) is 5.37. The Kier molecular flexibility index (Phi) is 4.59. The van der Waals surface area contributed by atoms with Gasteiger partial charge in [0.15, 0.2) is 0 Å². The molecule has 1 fully saturated rings. The van der Waals surface area contributed by atoms with Gasteiger partial charge in [-0.1, -0.05) is 0 Å². The van der Waals surface area contributed by atoms with Crippen LogP contribution in [0.2, 0.25) is 0 Å². The van der Waals surface area contributed by atoms with Crippen LogP contribution in [0.15, 0.2) is 23.5 Å². The summed E-state index contributed by atoms with van der Waals surface area (Å²) in [5, 5.41) is 0.559. The summed E-state index contributed by atoms with van der Waals surface area (Å²) in [7, 11) is 1.68. The predicted octanol–water partition coefficient (Wildman–Crippen LogP) is 2.54. The topological polar surface area (TPSA) is 73.0 Å². The Labute approximate surface area is 161 Å². The summed E-state index contributed by atoms with van der Waals surface area (Å²) >= 11 is 1.32. The van der Waals surface area contributed by atoms with Crippen molar-refractivity contribution in [3.8, 4) is 0 Å². The van der Waals surface area contributed by atoms with E-state index < -0.39 is 0 Å². The maximum Gasteiger partial charge on any atom is 0.264 e. The van der Waals surface area contributed by atoms with Crippen LogP contribution in [0, 0.1) is 6.92 Å². The highest BCUT2D eigenvalue weighted by Crippen LogP contribution is 2.31. The molecule has 142 valence electrons. The molecule has 0 aromatic carbocycles. The van der Waals surface area contributed by atoms with Crippen LogP contribution in [-0.4, -0.2) is 43.0 Å². The fraction of sp³-hybridized carbons (Fsp3) is 0.474. The van der Waals surface area contributed by atoms with Crippen molar-refractivity contribution < 1.29 is 4.79 Å². The summed E-state index contributed by atoms with van der Waals surface area (Å²) in [6.45, 7) is 6.23. The molecule has 1 atom stereocenters. The minimum absolute atomic E-state index is 0.00291. The standard InChI is InChI=1S/C19H23N5O2S/c1-4-23-9-7-20-16(23)13-6-5-8-24(10-13)19(26)15-12(2)14-17(27-15)21-11-22(3)18(14)25/h7,9,11,13H,4-6,8,10H2,1-3H3/t13-/m0/s1. The number of nitrogens with zero attached hydrogens (tertiary/aromatic N) is 5. The molecular formula is C19H23N5O2S. The minimum atomic E-state index is -0.103. The van der Waals surface area contributed by atoms with E-state index in [1.807, 2.05) is 24.2 Å². The summed E-state index contributed by atoms with van der Waals surface area (Å²) < 4.78 is 3.61. The molecule has 0 N–H and O–H groups in total. The zero-order valence-corrected chi connectivity index (χ0v) is 16.6. The number of aryl methyl sites for hydroxylation is 3. The van der Waals surface area contributed by atoms with E-state index in [-0.39, 0.29) is 17.4 Å². The van der Waals surface area contributed by atoms with Crippen LogP contribution in [0.5, 0.6) is 0 Å². The molecule has 27 heavy (non-hydrogen) atoms. The van der Waals surface area contributed by atoms with Crippen molar-refractivity contribution in [2.45, 2.75) is 39.2 Å². The minimum Gasteiger partial charge on any atom is -0.337 e. The van der Waals surface area contributed by atoms with Crippen LogP contribution in [0.25, 0.3) is 10.2 Å². The molecular weight excluding hydrogens is 362 g/mol. The number of amides is 1. The van der Waals surface area contributed by atoms with Gasteiger partial charge in [0.25, 0.3) is 11.5 Å². The quantitative estimate of drug-likeness (QED) is 0.694. The van der Waals surface area contributed by atoms with E-state index in [4.69, 9.17) is 0 Å². The van der Waals surface area contributed by atoms with Crippen LogP contribution in [0.1, 0.15) is 46.7 Å². The first-order valence-electron chi connectivity index (χ1n) is 9.26. The normalized spacial score (nSPS) is 17.6. The molecule has 3 aromatic rings. The fourth-order valence-corrected chi connectivity index (χ4v) is 4.98. The number of rotatable bonds is 3. The molecule has 0 spiro atoms. The first kappa shape index (κ1) is 17.9. The van der Waals surface area contributed by atoms with Crippen LogP contribution < -0.4 is 5.56 Å². The number of aromatic nitrogens is 4. The fourth-order valence-electron chi connectivity index (χ4n) is 3.88. The van der Waals surface area contributed by atoms with Crippen molar-refractivity contribution in [1.29, 1.82) is 0 Å². The highest BCUT2D eigenvalue weighted by molar-refractivity contribution is 7.20. The Bertz CT molecular complexity index is 1060. The molecule has 1 saturated heterocycles. The van der Waals surface area contributed by atoms with Gasteiger partial charge in [-0.15, -0.1) is 11.3 Å². The molecule has 0 aliphatic carbocycles. The van der Waals surface area contributed by atoms with Gasteiger partial charge in [0.2, 0.25) is 0 Å². The summed E-state index contributed by atoms with van der Waals surface area (Å²) in [5.74, 6) is 1.30. The monoisotopic (exact) mass is 385 g/mol. The third kappa shape index (κ3) is 2.97. The van der Waals surface area contributed by atoms with Gasteiger partial charge in [0.05, 0.1) is 16.6 Å². The Morgan fingerprint density at radius 2 is 2.19 bits per heavy atom. The lowest BCUT2D eigenvalue weighted by Gasteiger charge is -2.32. The number of piperidine rings is 1. The van der Waals surface area contributed by atoms with Crippen molar-refractivity contribution in [3.05, 3.63) is 45.3 Å². The van der Waals surface area contributed by atoms with Gasteiger partial charge in [-0.3, -0.25) is 9.59 Å². The average molecular weight is 385 g/mol. The van der Waals surface area contributed by atoms with Crippen molar-refractivity contribution in [1.82, 2.24) is 24.0 Å². The molecule has 0 radical (unpaired) electrons. The number of likely N-dealkylation sites (tertiary alicyclic amines) is 1. The predicted molar refractivity (Wildman–Crippen MR) is 105 cm³/mol. The molecule has 7 nitrogen and oxygen atoms in total. The second-order valence-corrected chi connectivity index (χ2v) is 8.06. The van der Waals surface area contributed by atoms with Crippen molar-refractivity contribution in [2.24, 2.45) is 7.05 Å². The van der Waals surface area contributed by atoms with Gasteiger partial charge >= 0.3 is 0 Å². The molecule has 0 bridgehead atoms. The van der Waals surface area contributed by atoms with Gasteiger partial charge in [-0.25, -0.2) is 9.97 Å². The van der Waals surface area contributed by atoms with E-state index in [2.05, 4.69) is 21.5 Å². The van der Waals surface area contributed by atoms with Gasteiger partial charge in [-0.05, 0) is 32.3 Å². The number of thiophene rings is 1. The SMILES string of the molecule is CCn1ccnc1[C@H]1CCCN(C(=O)c2sc3ncn(C)c(=O)c3c2C)C1. The first-order chi connectivity index (χ1) is 13.0. The summed E-state index contributed by atoms with van der Waals surface area (Å²) in [5.41, 5.74) is 0.639. The highest BCUT2D eigenvalue weighted by atomic mass is 32.1. The average Bonchev–Trinajstić information content (AvgIpc) is 3.29. The molecule has 0 unspecified atom stereocenters. The second-order valence-electron chi connectivity index (χ2n) is 7.06. The van der Waals surface area contributed by atoms with Crippen LogP contribution in [0.4, 0.5) is 0 Å². The van der Waals surface area contributed by atoms with E-state index in [1.165, 1.54) is 22.2 Å². The van der Waals surface area contributed by atoms with Gasteiger partial charge in [-0.2, -0.15) is 0 Å². The summed E-state index contributed by atoms with van der Waals surface area (Å²) in [6.07, 6.45) is 7.33. The van der Waals surface area contributed by atoms with Crippen LogP contribution in [-0.2, 0) is 13.6 Å². The Morgan fingerprint density at radius 1 is 1.37 bits per heavy atom. The Balaban J connectivity index is 1.65. The molecule has 8 heteroatoms. The zero-order valence-electron chi connectivity index (χ0n) is 15.8. The highest BCUT2D eigenvalue weighted by Gasteiger charge is 2.30. The second kappa shape index (κ2) is 6.92. The zero-order chi connectivity index (χ0) is 19.1. The molecule has 4 rings (SSSR count).